The van der Waals surface area contributed by atoms with Crippen molar-refractivity contribution in [1.82, 2.24) is 14.8 Å². The van der Waals surface area contributed by atoms with Crippen LogP contribution in [0.3, 0.4) is 0 Å². The van der Waals surface area contributed by atoms with Crippen molar-refractivity contribution in [2.45, 2.75) is 32.4 Å². The Morgan fingerprint density at radius 3 is 2.60 bits per heavy atom. The van der Waals surface area contributed by atoms with Crippen molar-refractivity contribution in [3.63, 3.8) is 0 Å². The predicted octanol–water partition coefficient (Wildman–Crippen LogP) is -0.0246. The van der Waals surface area contributed by atoms with Crippen molar-refractivity contribution in [1.29, 1.82) is 0 Å². The number of rotatable bonds is 3. The molecule has 2 amide bonds. The van der Waals surface area contributed by atoms with Crippen molar-refractivity contribution in [3.8, 4) is 0 Å². The van der Waals surface area contributed by atoms with Gasteiger partial charge in [0.25, 0.3) is 5.56 Å². The van der Waals surface area contributed by atoms with Crippen molar-refractivity contribution in [2.24, 2.45) is 0 Å². The highest BCUT2D eigenvalue weighted by Gasteiger charge is 2.21. The highest BCUT2D eigenvalue weighted by atomic mass is 16.2. The van der Waals surface area contributed by atoms with E-state index in [1.165, 1.54) is 10.6 Å². The quantitative estimate of drug-likeness (QED) is 0.843. The van der Waals surface area contributed by atoms with E-state index >= 15 is 0 Å². The smallest absolute Gasteiger partial charge is 0.250 e. The molecule has 2 heterocycles. The third-order valence-electron chi connectivity index (χ3n) is 3.52. The fourth-order valence-electron chi connectivity index (χ4n) is 2.36. The minimum Gasteiger partial charge on any atom is -0.352 e. The van der Waals surface area contributed by atoms with Gasteiger partial charge in [-0.05, 0) is 18.9 Å². The lowest BCUT2D eigenvalue weighted by atomic mass is 10.1. The molecule has 0 radical (unpaired) electrons. The van der Waals surface area contributed by atoms with E-state index in [1.54, 1.807) is 30.2 Å². The SMILES string of the molecule is CC(=O)N1CCC(NC(=O)Cn2ccccc2=O)CC1. The van der Waals surface area contributed by atoms with Gasteiger partial charge >= 0.3 is 0 Å². The Kier molecular flexibility index (Phi) is 4.55. The van der Waals surface area contributed by atoms with Crippen LogP contribution in [0.15, 0.2) is 29.2 Å². The Bertz CT molecular complexity index is 545. The van der Waals surface area contributed by atoms with Crippen molar-refractivity contribution >= 4 is 11.8 Å². The number of amides is 2. The zero-order valence-electron chi connectivity index (χ0n) is 11.5. The van der Waals surface area contributed by atoms with Gasteiger partial charge in [-0.15, -0.1) is 0 Å². The number of nitrogens with zero attached hydrogens (tertiary/aromatic N) is 2. The van der Waals surface area contributed by atoms with E-state index in [1.807, 2.05) is 0 Å². The number of aromatic nitrogens is 1. The lowest BCUT2D eigenvalue weighted by Gasteiger charge is -2.31. The number of hydrogen-bond acceptors (Lipinski definition) is 3. The van der Waals surface area contributed by atoms with E-state index in [9.17, 15) is 14.4 Å². The highest BCUT2D eigenvalue weighted by Crippen LogP contribution is 2.10. The number of likely N-dealkylation sites (tertiary alicyclic amines) is 1. The lowest BCUT2D eigenvalue weighted by molar-refractivity contribution is -0.130. The van der Waals surface area contributed by atoms with Crippen LogP contribution in [0.25, 0.3) is 0 Å². The van der Waals surface area contributed by atoms with Crippen LogP contribution in [0.5, 0.6) is 0 Å². The van der Waals surface area contributed by atoms with Gasteiger partial charge in [0.05, 0.1) is 0 Å². The Hall–Kier alpha value is -2.11. The van der Waals surface area contributed by atoms with Crippen LogP contribution < -0.4 is 10.9 Å². The van der Waals surface area contributed by atoms with Crippen molar-refractivity contribution in [3.05, 3.63) is 34.7 Å². The maximum absolute atomic E-state index is 11.9. The van der Waals surface area contributed by atoms with Crippen LogP contribution in [-0.4, -0.2) is 40.4 Å². The standard InChI is InChI=1S/C14H19N3O3/c1-11(18)16-8-5-12(6-9-16)15-13(19)10-17-7-3-2-4-14(17)20/h2-4,7,12H,5-6,8-10H2,1H3,(H,15,19). The molecule has 0 bridgehead atoms. The molecular weight excluding hydrogens is 258 g/mol. The molecule has 1 saturated heterocycles. The number of hydrogen-bond donors (Lipinski definition) is 1. The van der Waals surface area contributed by atoms with Gasteiger partial charge in [0.15, 0.2) is 0 Å². The molecule has 6 heteroatoms. The van der Waals surface area contributed by atoms with Gasteiger partial charge in [-0.3, -0.25) is 14.4 Å². The molecule has 6 nitrogen and oxygen atoms in total. The van der Waals surface area contributed by atoms with Crippen LogP contribution >= 0.6 is 0 Å². The maximum Gasteiger partial charge on any atom is 0.250 e. The number of carbonyl (C=O) groups is 2. The van der Waals surface area contributed by atoms with Gasteiger partial charge in [-0.25, -0.2) is 0 Å². The van der Waals surface area contributed by atoms with E-state index in [0.717, 1.165) is 12.8 Å². The molecule has 1 N–H and O–H groups in total. The average molecular weight is 277 g/mol. The molecule has 1 aromatic rings. The molecule has 0 atom stereocenters. The van der Waals surface area contributed by atoms with Crippen LogP contribution in [-0.2, 0) is 16.1 Å². The molecule has 1 aliphatic heterocycles. The summed E-state index contributed by atoms with van der Waals surface area (Å²) in [6, 6.07) is 4.88. The highest BCUT2D eigenvalue weighted by molar-refractivity contribution is 5.76. The molecule has 0 aliphatic carbocycles. The normalized spacial score (nSPS) is 15.9. The summed E-state index contributed by atoms with van der Waals surface area (Å²) in [5, 5.41) is 2.92. The summed E-state index contributed by atoms with van der Waals surface area (Å²) < 4.78 is 1.38. The molecule has 1 aliphatic rings. The molecule has 1 aromatic heterocycles. The largest absolute Gasteiger partial charge is 0.352 e. The Morgan fingerprint density at radius 2 is 2.00 bits per heavy atom. The van der Waals surface area contributed by atoms with Gasteiger partial charge in [0.2, 0.25) is 11.8 Å². The fraction of sp³-hybridized carbons (Fsp3) is 0.500. The van der Waals surface area contributed by atoms with Crippen LogP contribution in [0.2, 0.25) is 0 Å². The summed E-state index contributed by atoms with van der Waals surface area (Å²) in [5.74, 6) is -0.0924. The van der Waals surface area contributed by atoms with Crippen molar-refractivity contribution in [2.75, 3.05) is 13.1 Å². The molecule has 0 spiro atoms. The van der Waals surface area contributed by atoms with Gasteiger partial charge in [0.1, 0.15) is 6.54 Å². The number of pyridine rings is 1. The lowest BCUT2D eigenvalue weighted by Crippen LogP contribution is -2.47. The van der Waals surface area contributed by atoms with E-state index in [4.69, 9.17) is 0 Å². The third kappa shape index (κ3) is 3.69. The Balaban J connectivity index is 1.83. The Labute approximate surface area is 117 Å². The summed E-state index contributed by atoms with van der Waals surface area (Å²) in [4.78, 5) is 36.4. The molecule has 0 saturated carbocycles. The molecule has 108 valence electrons. The zero-order chi connectivity index (χ0) is 14.5. The average Bonchev–Trinajstić information content (AvgIpc) is 2.42. The molecule has 0 unspecified atom stereocenters. The fourth-order valence-corrected chi connectivity index (χ4v) is 2.36. The Morgan fingerprint density at radius 1 is 1.30 bits per heavy atom. The number of nitrogens with one attached hydrogen (secondary N) is 1. The second-order valence-electron chi connectivity index (χ2n) is 5.01. The zero-order valence-corrected chi connectivity index (χ0v) is 11.5. The molecule has 2 rings (SSSR count). The van der Waals surface area contributed by atoms with Gasteiger partial charge in [-0.1, -0.05) is 6.07 Å². The second-order valence-corrected chi connectivity index (χ2v) is 5.01. The van der Waals surface area contributed by atoms with E-state index < -0.39 is 0 Å². The first-order valence-corrected chi connectivity index (χ1v) is 6.76. The summed E-state index contributed by atoms with van der Waals surface area (Å²) >= 11 is 0. The summed E-state index contributed by atoms with van der Waals surface area (Å²) in [6.45, 7) is 2.93. The number of piperidine rings is 1. The minimum absolute atomic E-state index is 0.0343. The summed E-state index contributed by atoms with van der Waals surface area (Å²) in [6.07, 6.45) is 3.12. The topological polar surface area (TPSA) is 71.4 Å². The van der Waals surface area contributed by atoms with Gasteiger partial charge in [0, 0.05) is 38.3 Å². The molecule has 0 aromatic carbocycles. The van der Waals surface area contributed by atoms with E-state index in [2.05, 4.69) is 5.32 Å². The van der Waals surface area contributed by atoms with Crippen LogP contribution in [0, 0.1) is 0 Å². The van der Waals surface area contributed by atoms with Crippen molar-refractivity contribution < 1.29 is 9.59 Å². The first kappa shape index (κ1) is 14.3. The molecular formula is C14H19N3O3. The van der Waals surface area contributed by atoms with E-state index in [-0.39, 0.29) is 30.0 Å². The molecule has 1 fully saturated rings. The summed E-state index contributed by atoms with van der Waals surface area (Å²) in [5.41, 5.74) is -0.186. The monoisotopic (exact) mass is 277 g/mol. The first-order chi connectivity index (χ1) is 9.56. The predicted molar refractivity (Wildman–Crippen MR) is 74.1 cm³/mol. The van der Waals surface area contributed by atoms with Crippen LogP contribution in [0.1, 0.15) is 19.8 Å². The van der Waals surface area contributed by atoms with E-state index in [0.29, 0.717) is 13.1 Å². The maximum atomic E-state index is 11.9. The van der Waals surface area contributed by atoms with Gasteiger partial charge in [-0.2, -0.15) is 0 Å². The molecule has 20 heavy (non-hydrogen) atoms. The first-order valence-electron chi connectivity index (χ1n) is 6.76. The van der Waals surface area contributed by atoms with Crippen LogP contribution in [0.4, 0.5) is 0 Å². The second kappa shape index (κ2) is 6.36. The van der Waals surface area contributed by atoms with Gasteiger partial charge < -0.3 is 14.8 Å². The third-order valence-corrected chi connectivity index (χ3v) is 3.52. The minimum atomic E-state index is -0.186. The number of carbonyl (C=O) groups excluding carboxylic acids is 2. The summed E-state index contributed by atoms with van der Waals surface area (Å²) in [7, 11) is 0.